The largest absolute Gasteiger partial charge is 0.416 e. The first kappa shape index (κ1) is 16.0. The van der Waals surface area contributed by atoms with E-state index < -0.39 is 23.3 Å². The normalized spacial score (nSPS) is 13.2. The number of hydrogen-bond donors (Lipinski definition) is 2. The maximum absolute atomic E-state index is 13.1. The third-order valence-electron chi connectivity index (χ3n) is 3.69. The van der Waals surface area contributed by atoms with Gasteiger partial charge in [-0.1, -0.05) is 18.2 Å². The van der Waals surface area contributed by atoms with Gasteiger partial charge >= 0.3 is 6.18 Å². The Kier molecular flexibility index (Phi) is 3.78. The highest BCUT2D eigenvalue weighted by atomic mass is 19.4. The second-order valence-electron chi connectivity index (χ2n) is 5.37. The van der Waals surface area contributed by atoms with Crippen LogP contribution in [-0.4, -0.2) is 19.7 Å². The Hall–Kier alpha value is -2.84. The van der Waals surface area contributed by atoms with Gasteiger partial charge in [-0.2, -0.15) is 23.3 Å². The summed E-state index contributed by atoms with van der Waals surface area (Å²) in [5.74, 6) is 0.0839. The number of aromatic nitrogens is 4. The van der Waals surface area contributed by atoms with Crippen LogP contribution in [0.15, 0.2) is 35.3 Å². The van der Waals surface area contributed by atoms with Crippen LogP contribution in [0.2, 0.25) is 0 Å². The topological polar surface area (TPSA) is 75.6 Å². The van der Waals surface area contributed by atoms with Crippen LogP contribution in [0.25, 0.3) is 11.0 Å². The van der Waals surface area contributed by atoms with E-state index in [1.807, 2.05) is 0 Å². The predicted molar refractivity (Wildman–Crippen MR) is 82.6 cm³/mol. The molecule has 1 aromatic carbocycles. The summed E-state index contributed by atoms with van der Waals surface area (Å²) >= 11 is 0. The van der Waals surface area contributed by atoms with Crippen LogP contribution < -0.4 is 10.9 Å². The molecule has 0 amide bonds. The maximum Gasteiger partial charge on any atom is 0.416 e. The Morgan fingerprint density at radius 1 is 1.29 bits per heavy atom. The molecule has 2 heterocycles. The number of fused-ring (bicyclic) bond motifs is 1. The summed E-state index contributed by atoms with van der Waals surface area (Å²) in [5.41, 5.74) is -0.726. The molecule has 0 aliphatic rings. The lowest BCUT2D eigenvalue weighted by atomic mass is 10.0. The molecular weight excluding hydrogens is 323 g/mol. The Labute approximate surface area is 134 Å². The Balaban J connectivity index is 1.98. The van der Waals surface area contributed by atoms with Crippen molar-refractivity contribution in [3.05, 3.63) is 51.9 Å². The molecule has 0 bridgehead atoms. The van der Waals surface area contributed by atoms with E-state index >= 15 is 0 Å². The van der Waals surface area contributed by atoms with Crippen LogP contribution >= 0.6 is 0 Å². The van der Waals surface area contributed by atoms with E-state index in [9.17, 15) is 18.0 Å². The molecule has 0 aliphatic heterocycles. The lowest BCUT2D eigenvalue weighted by Crippen LogP contribution is -2.18. The minimum atomic E-state index is -4.46. The van der Waals surface area contributed by atoms with Crippen molar-refractivity contribution in [3.63, 3.8) is 0 Å². The fourth-order valence-electron chi connectivity index (χ4n) is 2.52. The first-order chi connectivity index (χ1) is 11.3. The summed E-state index contributed by atoms with van der Waals surface area (Å²) in [6, 6.07) is 4.57. The van der Waals surface area contributed by atoms with Crippen LogP contribution in [0.5, 0.6) is 0 Å². The number of nitrogens with zero attached hydrogens (tertiary/aromatic N) is 3. The fraction of sp³-hybridized carbons (Fsp3) is 0.267. The van der Waals surface area contributed by atoms with Crippen molar-refractivity contribution in [2.24, 2.45) is 7.05 Å². The van der Waals surface area contributed by atoms with E-state index in [1.54, 1.807) is 14.0 Å². The molecule has 3 rings (SSSR count). The third kappa shape index (κ3) is 2.84. The van der Waals surface area contributed by atoms with E-state index in [-0.39, 0.29) is 11.5 Å². The molecular formula is C15H14F3N5O. The number of alkyl halides is 3. The Bertz CT molecular complexity index is 944. The van der Waals surface area contributed by atoms with Gasteiger partial charge in [-0.15, -0.1) is 0 Å². The molecule has 0 fully saturated rings. The van der Waals surface area contributed by atoms with E-state index in [0.717, 1.165) is 6.07 Å². The smallest absolute Gasteiger partial charge is 0.349 e. The quantitative estimate of drug-likeness (QED) is 0.771. The maximum atomic E-state index is 13.1. The average molecular weight is 337 g/mol. The molecule has 24 heavy (non-hydrogen) atoms. The number of anilines is 1. The van der Waals surface area contributed by atoms with Crippen LogP contribution in [-0.2, 0) is 13.2 Å². The van der Waals surface area contributed by atoms with Crippen molar-refractivity contribution >= 4 is 17.0 Å². The minimum Gasteiger partial charge on any atom is -0.349 e. The first-order valence-corrected chi connectivity index (χ1v) is 7.12. The van der Waals surface area contributed by atoms with E-state index in [2.05, 4.69) is 20.4 Å². The molecule has 9 heteroatoms. The van der Waals surface area contributed by atoms with Crippen LogP contribution in [0.4, 0.5) is 19.1 Å². The van der Waals surface area contributed by atoms with Crippen molar-refractivity contribution < 1.29 is 13.2 Å². The highest BCUT2D eigenvalue weighted by Gasteiger charge is 2.34. The molecule has 126 valence electrons. The molecule has 6 nitrogen and oxygen atoms in total. The molecule has 2 aromatic heterocycles. The molecule has 3 aromatic rings. The number of aryl methyl sites for hydroxylation is 1. The Morgan fingerprint density at radius 2 is 2.00 bits per heavy atom. The number of H-pyrrole nitrogens is 1. The second kappa shape index (κ2) is 5.66. The van der Waals surface area contributed by atoms with Gasteiger partial charge in [-0.05, 0) is 18.6 Å². The molecule has 0 saturated carbocycles. The van der Waals surface area contributed by atoms with Crippen molar-refractivity contribution in [2.75, 3.05) is 5.32 Å². The van der Waals surface area contributed by atoms with Crippen LogP contribution in [0.3, 0.4) is 0 Å². The van der Waals surface area contributed by atoms with Gasteiger partial charge in [-0.25, -0.2) is 0 Å². The van der Waals surface area contributed by atoms with Crippen molar-refractivity contribution in [2.45, 2.75) is 19.1 Å². The number of nitrogens with one attached hydrogen (secondary N) is 2. The van der Waals surface area contributed by atoms with Gasteiger partial charge in [0.1, 0.15) is 5.39 Å². The highest BCUT2D eigenvalue weighted by molar-refractivity contribution is 5.74. The standard InChI is InChI=1S/C15H14F3N5O/c1-8(9-5-3-4-6-11(9)15(16,17)18)20-14-21-12-10(13(24)22-14)7-19-23(12)2/h3-8H,1-2H3,(H2,20,21,22,24)/t8-/m1/s1. The Morgan fingerprint density at radius 3 is 2.71 bits per heavy atom. The number of rotatable bonds is 3. The highest BCUT2D eigenvalue weighted by Crippen LogP contribution is 2.35. The fourth-order valence-corrected chi connectivity index (χ4v) is 2.52. The summed E-state index contributed by atoms with van der Waals surface area (Å²) in [4.78, 5) is 18.7. The van der Waals surface area contributed by atoms with Gasteiger partial charge < -0.3 is 5.32 Å². The van der Waals surface area contributed by atoms with Crippen molar-refractivity contribution in [1.29, 1.82) is 0 Å². The van der Waals surface area contributed by atoms with Gasteiger partial charge in [0, 0.05) is 7.05 Å². The molecule has 0 radical (unpaired) electrons. The lowest BCUT2D eigenvalue weighted by molar-refractivity contribution is -0.138. The lowest BCUT2D eigenvalue weighted by Gasteiger charge is -2.19. The average Bonchev–Trinajstić information content (AvgIpc) is 2.88. The van der Waals surface area contributed by atoms with E-state index in [1.165, 1.54) is 29.1 Å². The number of aromatic amines is 1. The number of halogens is 3. The zero-order chi connectivity index (χ0) is 17.5. The van der Waals surface area contributed by atoms with Crippen molar-refractivity contribution in [3.8, 4) is 0 Å². The zero-order valence-corrected chi connectivity index (χ0v) is 12.8. The number of benzene rings is 1. The van der Waals surface area contributed by atoms with Gasteiger partial charge in [0.15, 0.2) is 5.65 Å². The monoisotopic (exact) mass is 337 g/mol. The van der Waals surface area contributed by atoms with Gasteiger partial charge in [0.05, 0.1) is 17.8 Å². The molecule has 1 atom stereocenters. The van der Waals surface area contributed by atoms with Gasteiger partial charge in [-0.3, -0.25) is 14.5 Å². The summed E-state index contributed by atoms with van der Waals surface area (Å²) in [6.07, 6.45) is -3.08. The summed E-state index contributed by atoms with van der Waals surface area (Å²) in [5, 5.41) is 7.06. The molecule has 0 aliphatic carbocycles. The SMILES string of the molecule is C[C@@H](Nc1nc2c(cnn2C)c(=O)[nH]1)c1ccccc1C(F)(F)F. The summed E-state index contributed by atoms with van der Waals surface area (Å²) in [7, 11) is 1.63. The minimum absolute atomic E-state index is 0.0674. The van der Waals surface area contributed by atoms with Gasteiger partial charge in [0.25, 0.3) is 5.56 Å². The predicted octanol–water partition coefficient (Wildman–Crippen LogP) is 2.85. The molecule has 0 spiro atoms. The second-order valence-corrected chi connectivity index (χ2v) is 5.37. The first-order valence-electron chi connectivity index (χ1n) is 7.12. The third-order valence-corrected chi connectivity index (χ3v) is 3.69. The van der Waals surface area contributed by atoms with Gasteiger partial charge in [0.2, 0.25) is 5.95 Å². The zero-order valence-electron chi connectivity index (χ0n) is 12.8. The summed E-state index contributed by atoms with van der Waals surface area (Å²) in [6.45, 7) is 1.57. The molecule has 0 saturated heterocycles. The number of hydrogen-bond acceptors (Lipinski definition) is 4. The van der Waals surface area contributed by atoms with Crippen LogP contribution in [0, 0.1) is 0 Å². The van der Waals surface area contributed by atoms with E-state index in [0.29, 0.717) is 11.0 Å². The summed E-state index contributed by atoms with van der Waals surface area (Å²) < 4.78 is 40.8. The van der Waals surface area contributed by atoms with E-state index in [4.69, 9.17) is 0 Å². The molecule has 0 unspecified atom stereocenters. The van der Waals surface area contributed by atoms with Crippen LogP contribution in [0.1, 0.15) is 24.1 Å². The molecule has 2 N–H and O–H groups in total. The van der Waals surface area contributed by atoms with Crippen molar-refractivity contribution in [1.82, 2.24) is 19.7 Å².